The van der Waals surface area contributed by atoms with Crippen LogP contribution in [-0.4, -0.2) is 66.3 Å². The maximum atomic E-state index is 12.7. The first-order valence-corrected chi connectivity index (χ1v) is 8.91. The first kappa shape index (κ1) is 18.1. The summed E-state index contributed by atoms with van der Waals surface area (Å²) in [5.41, 5.74) is 1.86. The summed E-state index contributed by atoms with van der Waals surface area (Å²) in [6, 6.07) is 7.10. The van der Waals surface area contributed by atoms with Gasteiger partial charge >= 0.3 is 0 Å². The van der Waals surface area contributed by atoms with Crippen molar-refractivity contribution < 1.29 is 19.0 Å². The highest BCUT2D eigenvalue weighted by atomic mass is 16.5. The van der Waals surface area contributed by atoms with Crippen molar-refractivity contribution in [1.29, 1.82) is 0 Å². The van der Waals surface area contributed by atoms with Crippen molar-refractivity contribution >= 4 is 28.6 Å². The standard InChI is InChI=1S/C19H21N5O4/c1-26-15-11-12(18(25)24-7-9-28-10-8-24)3-4-14(15)21-19-22-16-13(5-6-20-16)17(23-19)27-2/h3-6,11H,7-10H2,1-2H3,(H2,20,21,22,23). The van der Waals surface area contributed by atoms with Gasteiger partial charge < -0.3 is 29.4 Å². The number of nitrogens with zero attached hydrogens (tertiary/aromatic N) is 3. The van der Waals surface area contributed by atoms with E-state index in [1.165, 1.54) is 0 Å². The lowest BCUT2D eigenvalue weighted by atomic mass is 10.1. The summed E-state index contributed by atoms with van der Waals surface area (Å²) in [5.74, 6) is 1.30. The van der Waals surface area contributed by atoms with Crippen molar-refractivity contribution in [3.05, 3.63) is 36.0 Å². The van der Waals surface area contributed by atoms with Crippen LogP contribution in [0.2, 0.25) is 0 Å². The summed E-state index contributed by atoms with van der Waals surface area (Å²) >= 11 is 0. The van der Waals surface area contributed by atoms with Crippen LogP contribution in [0, 0.1) is 0 Å². The molecule has 1 aliphatic heterocycles. The van der Waals surface area contributed by atoms with Gasteiger partial charge in [-0.05, 0) is 24.3 Å². The number of aromatic amines is 1. The van der Waals surface area contributed by atoms with E-state index in [4.69, 9.17) is 14.2 Å². The number of carbonyl (C=O) groups is 1. The Morgan fingerprint density at radius 2 is 2.00 bits per heavy atom. The third-order valence-corrected chi connectivity index (χ3v) is 4.57. The molecule has 2 aromatic heterocycles. The lowest BCUT2D eigenvalue weighted by molar-refractivity contribution is 0.0302. The molecule has 0 unspecified atom stereocenters. The monoisotopic (exact) mass is 383 g/mol. The molecule has 1 fully saturated rings. The molecule has 1 amide bonds. The van der Waals surface area contributed by atoms with Crippen LogP contribution in [0.3, 0.4) is 0 Å². The molecule has 0 saturated carbocycles. The van der Waals surface area contributed by atoms with Gasteiger partial charge in [0.2, 0.25) is 11.8 Å². The Kier molecular flexibility index (Phi) is 4.98. The SMILES string of the molecule is COc1cc(C(=O)N2CCOCC2)ccc1Nc1nc(OC)c2cc[nH]c2n1. The minimum Gasteiger partial charge on any atom is -0.495 e. The highest BCUT2D eigenvalue weighted by Gasteiger charge is 2.20. The van der Waals surface area contributed by atoms with Crippen molar-refractivity contribution in [2.24, 2.45) is 0 Å². The molecule has 1 aromatic carbocycles. The Balaban J connectivity index is 1.60. The zero-order chi connectivity index (χ0) is 19.5. The molecule has 0 bridgehead atoms. The fourth-order valence-corrected chi connectivity index (χ4v) is 3.12. The van der Waals surface area contributed by atoms with Gasteiger partial charge in [0.05, 0.1) is 38.5 Å². The number of nitrogens with one attached hydrogen (secondary N) is 2. The van der Waals surface area contributed by atoms with Crippen LogP contribution < -0.4 is 14.8 Å². The van der Waals surface area contributed by atoms with Gasteiger partial charge in [0.25, 0.3) is 5.91 Å². The van der Waals surface area contributed by atoms with E-state index in [0.29, 0.717) is 60.8 Å². The normalized spacial score (nSPS) is 14.1. The summed E-state index contributed by atoms with van der Waals surface area (Å²) in [6.07, 6.45) is 1.78. The highest BCUT2D eigenvalue weighted by Crippen LogP contribution is 2.30. The highest BCUT2D eigenvalue weighted by molar-refractivity contribution is 5.95. The van der Waals surface area contributed by atoms with E-state index in [-0.39, 0.29) is 5.91 Å². The molecule has 4 rings (SSSR count). The zero-order valence-electron chi connectivity index (χ0n) is 15.7. The Bertz CT molecular complexity index is 997. The smallest absolute Gasteiger partial charge is 0.254 e. The van der Waals surface area contributed by atoms with Crippen molar-refractivity contribution in [3.63, 3.8) is 0 Å². The Hall–Kier alpha value is -3.33. The molecule has 0 aliphatic carbocycles. The van der Waals surface area contributed by atoms with Crippen LogP contribution in [-0.2, 0) is 4.74 Å². The third kappa shape index (κ3) is 3.44. The predicted molar refractivity (Wildman–Crippen MR) is 103 cm³/mol. The number of methoxy groups -OCH3 is 2. The van der Waals surface area contributed by atoms with E-state index in [1.54, 1.807) is 43.5 Å². The molecule has 0 radical (unpaired) electrons. The summed E-state index contributed by atoms with van der Waals surface area (Å²) in [7, 11) is 3.12. The zero-order valence-corrected chi connectivity index (χ0v) is 15.7. The number of H-pyrrole nitrogens is 1. The lowest BCUT2D eigenvalue weighted by Gasteiger charge is -2.27. The van der Waals surface area contributed by atoms with Gasteiger partial charge in [-0.2, -0.15) is 9.97 Å². The molecule has 9 heteroatoms. The van der Waals surface area contributed by atoms with Crippen LogP contribution in [0.5, 0.6) is 11.6 Å². The molecule has 1 saturated heterocycles. The van der Waals surface area contributed by atoms with Gasteiger partial charge in [-0.25, -0.2) is 0 Å². The van der Waals surface area contributed by atoms with Crippen LogP contribution in [0.1, 0.15) is 10.4 Å². The van der Waals surface area contributed by atoms with Gasteiger partial charge in [-0.1, -0.05) is 0 Å². The summed E-state index contributed by atoms with van der Waals surface area (Å²) in [6.45, 7) is 2.29. The van der Waals surface area contributed by atoms with Crippen molar-refractivity contribution in [1.82, 2.24) is 19.9 Å². The van der Waals surface area contributed by atoms with E-state index in [1.807, 2.05) is 6.07 Å². The van der Waals surface area contributed by atoms with Crippen molar-refractivity contribution in [2.45, 2.75) is 0 Å². The minimum atomic E-state index is -0.0427. The lowest BCUT2D eigenvalue weighted by Crippen LogP contribution is -2.40. The number of hydrogen-bond donors (Lipinski definition) is 2. The van der Waals surface area contributed by atoms with E-state index in [0.717, 1.165) is 5.39 Å². The average Bonchev–Trinajstić information content (AvgIpc) is 3.22. The van der Waals surface area contributed by atoms with Gasteiger partial charge in [0.15, 0.2) is 0 Å². The van der Waals surface area contributed by atoms with E-state index in [9.17, 15) is 4.79 Å². The molecule has 28 heavy (non-hydrogen) atoms. The average molecular weight is 383 g/mol. The largest absolute Gasteiger partial charge is 0.495 e. The first-order valence-electron chi connectivity index (χ1n) is 8.91. The second-order valence-electron chi connectivity index (χ2n) is 6.24. The molecule has 2 N–H and O–H groups in total. The Morgan fingerprint density at radius 1 is 1.18 bits per heavy atom. The van der Waals surface area contributed by atoms with Gasteiger partial charge in [0, 0.05) is 24.8 Å². The van der Waals surface area contributed by atoms with Crippen LogP contribution in [0.25, 0.3) is 11.0 Å². The van der Waals surface area contributed by atoms with E-state index < -0.39 is 0 Å². The predicted octanol–water partition coefficient (Wildman–Crippen LogP) is 2.19. The fourth-order valence-electron chi connectivity index (χ4n) is 3.12. The topological polar surface area (TPSA) is 102 Å². The molecule has 3 aromatic rings. The molecule has 0 spiro atoms. The maximum absolute atomic E-state index is 12.7. The van der Waals surface area contributed by atoms with Crippen molar-refractivity contribution in [3.8, 4) is 11.6 Å². The summed E-state index contributed by atoms with van der Waals surface area (Å²) in [4.78, 5) is 26.3. The number of anilines is 2. The quantitative estimate of drug-likeness (QED) is 0.696. The number of ether oxygens (including phenoxy) is 3. The fraction of sp³-hybridized carbons (Fsp3) is 0.316. The first-order chi connectivity index (χ1) is 13.7. The third-order valence-electron chi connectivity index (χ3n) is 4.57. The van der Waals surface area contributed by atoms with E-state index >= 15 is 0 Å². The molecular formula is C19H21N5O4. The number of rotatable bonds is 5. The Labute approximate surface area is 161 Å². The number of amides is 1. The number of morpholine rings is 1. The van der Waals surface area contributed by atoms with Crippen molar-refractivity contribution in [2.75, 3.05) is 45.8 Å². The second-order valence-corrected chi connectivity index (χ2v) is 6.24. The molecule has 1 aliphatic rings. The molecule has 146 valence electrons. The summed E-state index contributed by atoms with van der Waals surface area (Å²) < 4.78 is 16.1. The number of fused-ring (bicyclic) bond motifs is 1. The minimum absolute atomic E-state index is 0.0427. The maximum Gasteiger partial charge on any atom is 0.254 e. The number of aromatic nitrogens is 3. The van der Waals surface area contributed by atoms with Gasteiger partial charge in [-0.15, -0.1) is 0 Å². The number of benzene rings is 1. The van der Waals surface area contributed by atoms with Gasteiger partial charge in [0.1, 0.15) is 11.4 Å². The van der Waals surface area contributed by atoms with E-state index in [2.05, 4.69) is 20.3 Å². The van der Waals surface area contributed by atoms with Gasteiger partial charge in [-0.3, -0.25) is 4.79 Å². The molecule has 0 atom stereocenters. The summed E-state index contributed by atoms with van der Waals surface area (Å²) in [5, 5.41) is 3.93. The van der Waals surface area contributed by atoms with Crippen LogP contribution in [0.15, 0.2) is 30.5 Å². The van der Waals surface area contributed by atoms with Crippen LogP contribution in [0.4, 0.5) is 11.6 Å². The second kappa shape index (κ2) is 7.73. The molecular weight excluding hydrogens is 362 g/mol. The molecule has 9 nitrogen and oxygen atoms in total. The number of carbonyl (C=O) groups excluding carboxylic acids is 1. The van der Waals surface area contributed by atoms with Crippen LogP contribution >= 0.6 is 0 Å². The number of hydrogen-bond acceptors (Lipinski definition) is 7. The Morgan fingerprint density at radius 3 is 2.75 bits per heavy atom. The molecule has 3 heterocycles.